The van der Waals surface area contributed by atoms with Gasteiger partial charge in [0.15, 0.2) is 0 Å². The van der Waals surface area contributed by atoms with E-state index in [-0.39, 0.29) is 38.1 Å². The molecule has 0 bridgehead atoms. The van der Waals surface area contributed by atoms with E-state index in [9.17, 15) is 19.8 Å². The molecule has 0 spiro atoms. The van der Waals surface area contributed by atoms with Crippen molar-refractivity contribution < 1.29 is 19.4 Å². The van der Waals surface area contributed by atoms with Crippen molar-refractivity contribution in [3.8, 4) is 28.2 Å². The number of aryl methyl sites for hydroxylation is 1. The Bertz CT molecular complexity index is 1350. The number of carbonyl (C=O) groups is 1. The summed E-state index contributed by atoms with van der Waals surface area (Å²) in [6, 6.07) is 9.49. The molecule has 2 aromatic rings. The Kier molecular flexibility index (Phi) is 4.52. The zero-order valence-corrected chi connectivity index (χ0v) is 16.9. The molecule has 146 valence electrons. The third kappa shape index (κ3) is 2.85. The normalized spacial score (nSPS) is 11.3. The van der Waals surface area contributed by atoms with Crippen molar-refractivity contribution in [2.24, 2.45) is 0 Å². The summed E-state index contributed by atoms with van der Waals surface area (Å²) >= 11 is 12.4. The first-order valence-corrected chi connectivity index (χ1v) is 9.38. The summed E-state index contributed by atoms with van der Waals surface area (Å²) in [5, 5.41) is 20.6. The van der Waals surface area contributed by atoms with Crippen LogP contribution in [-0.4, -0.2) is 16.2 Å². The summed E-state index contributed by atoms with van der Waals surface area (Å²) in [4.78, 5) is 24.3. The maximum Gasteiger partial charge on any atom is 0.336 e. The predicted molar refractivity (Wildman–Crippen MR) is 113 cm³/mol. The molecule has 0 fully saturated rings. The van der Waals surface area contributed by atoms with Crippen LogP contribution in [0.5, 0.6) is 5.75 Å². The standard InChI is InChI=1S/C22H14Cl2O5/c1-9-18(25)15(23)7-13-17(11-5-3-4-6-12(11)22(27)28)14-8-16(24)19(26)10(2)21(14)29-20(9)13/h3-8,25H,1-2H3,(H,27,28). The van der Waals surface area contributed by atoms with Gasteiger partial charge in [0.25, 0.3) is 0 Å². The van der Waals surface area contributed by atoms with Gasteiger partial charge in [0.05, 0.1) is 15.6 Å². The van der Waals surface area contributed by atoms with Gasteiger partial charge in [-0.2, -0.15) is 0 Å². The van der Waals surface area contributed by atoms with Crippen LogP contribution in [0.15, 0.2) is 45.6 Å². The molecule has 5 nitrogen and oxygen atoms in total. The molecule has 2 N–H and O–H groups in total. The summed E-state index contributed by atoms with van der Waals surface area (Å²) in [6.45, 7) is 3.22. The fourth-order valence-corrected chi connectivity index (χ4v) is 4.05. The number of hydrogen-bond donors (Lipinski definition) is 2. The first kappa shape index (κ1) is 19.3. The number of aromatic hydroxyl groups is 1. The number of carboxylic acid groups (broad SMARTS) is 1. The zero-order chi connectivity index (χ0) is 21.0. The smallest absolute Gasteiger partial charge is 0.336 e. The third-order valence-electron chi connectivity index (χ3n) is 5.02. The predicted octanol–water partition coefficient (Wildman–Crippen LogP) is 5.89. The minimum atomic E-state index is -1.10. The molecule has 4 rings (SSSR count). The molecule has 2 aliphatic rings. The molecule has 1 aliphatic heterocycles. The molecule has 1 heterocycles. The Morgan fingerprint density at radius 3 is 2.38 bits per heavy atom. The van der Waals surface area contributed by atoms with Crippen molar-refractivity contribution in [3.63, 3.8) is 0 Å². The van der Waals surface area contributed by atoms with Gasteiger partial charge in [-0.1, -0.05) is 41.4 Å². The van der Waals surface area contributed by atoms with Crippen LogP contribution in [0.25, 0.3) is 33.4 Å². The van der Waals surface area contributed by atoms with Crippen LogP contribution in [0.2, 0.25) is 10.0 Å². The van der Waals surface area contributed by atoms with Crippen molar-refractivity contribution in [3.05, 3.63) is 73.4 Å². The largest absolute Gasteiger partial charge is 0.506 e. The van der Waals surface area contributed by atoms with Gasteiger partial charge in [-0.05, 0) is 37.6 Å². The SMILES string of the molecule is Cc1c2oc3c(C)c(O)c(Cl)cc3c(-c3ccccc3C(=O)O)c-2cc(Cl)c1=O. The number of benzene rings is 3. The fraction of sp³-hybridized carbons (Fsp3) is 0.0909. The maximum absolute atomic E-state index is 12.4. The monoisotopic (exact) mass is 428 g/mol. The fourth-order valence-electron chi connectivity index (χ4n) is 3.55. The lowest BCUT2D eigenvalue weighted by molar-refractivity contribution is 0.0697. The minimum Gasteiger partial charge on any atom is -0.506 e. The van der Waals surface area contributed by atoms with Crippen LogP contribution in [0.4, 0.5) is 0 Å². The Morgan fingerprint density at radius 2 is 1.69 bits per heavy atom. The third-order valence-corrected chi connectivity index (χ3v) is 5.59. The second kappa shape index (κ2) is 6.79. The van der Waals surface area contributed by atoms with E-state index >= 15 is 0 Å². The van der Waals surface area contributed by atoms with Crippen molar-refractivity contribution in [1.82, 2.24) is 0 Å². The van der Waals surface area contributed by atoms with E-state index in [1.165, 1.54) is 18.2 Å². The summed E-state index contributed by atoms with van der Waals surface area (Å²) in [5.41, 5.74) is 2.07. The number of halogens is 2. The van der Waals surface area contributed by atoms with Crippen LogP contribution in [0.3, 0.4) is 0 Å². The zero-order valence-electron chi connectivity index (χ0n) is 15.3. The van der Waals surface area contributed by atoms with Crippen molar-refractivity contribution >= 4 is 40.1 Å². The summed E-state index contributed by atoms with van der Waals surface area (Å²) in [5.74, 6) is -0.979. The molecular weight excluding hydrogens is 415 g/mol. The van der Waals surface area contributed by atoms with E-state index in [1.807, 2.05) is 0 Å². The minimum absolute atomic E-state index is 0.000188. The molecule has 0 saturated carbocycles. The van der Waals surface area contributed by atoms with Gasteiger partial charge in [0.1, 0.15) is 17.1 Å². The second-order valence-corrected chi connectivity index (χ2v) is 7.54. The highest BCUT2D eigenvalue weighted by Gasteiger charge is 2.26. The first-order valence-electron chi connectivity index (χ1n) is 8.62. The molecule has 0 saturated heterocycles. The number of aromatic carboxylic acids is 1. The molecule has 0 radical (unpaired) electrons. The molecule has 0 unspecified atom stereocenters. The molecule has 2 aromatic carbocycles. The number of hydrogen-bond acceptors (Lipinski definition) is 4. The first-order chi connectivity index (χ1) is 13.7. The summed E-state index contributed by atoms with van der Waals surface area (Å²) in [6.07, 6.45) is 0. The van der Waals surface area contributed by atoms with Crippen LogP contribution in [-0.2, 0) is 0 Å². The molecule has 0 atom stereocenters. The molecule has 0 aromatic heterocycles. The van der Waals surface area contributed by atoms with Crippen LogP contribution < -0.4 is 5.43 Å². The number of phenolic OH excluding ortho intramolecular Hbond substituents is 1. The van der Waals surface area contributed by atoms with Crippen molar-refractivity contribution in [1.29, 1.82) is 0 Å². The lowest BCUT2D eigenvalue weighted by Crippen LogP contribution is -2.10. The second-order valence-electron chi connectivity index (χ2n) is 6.73. The Balaban J connectivity index is 2.34. The number of phenols is 1. The van der Waals surface area contributed by atoms with Gasteiger partial charge in [-0.3, -0.25) is 4.79 Å². The summed E-state index contributed by atoms with van der Waals surface area (Å²) < 4.78 is 6.02. The Morgan fingerprint density at radius 1 is 1.00 bits per heavy atom. The van der Waals surface area contributed by atoms with Gasteiger partial charge in [0.2, 0.25) is 5.43 Å². The molecule has 1 aliphatic carbocycles. The average Bonchev–Trinajstić information content (AvgIpc) is 2.69. The van der Waals surface area contributed by atoms with Crippen LogP contribution >= 0.6 is 23.2 Å². The van der Waals surface area contributed by atoms with Crippen LogP contribution in [0, 0.1) is 13.8 Å². The lowest BCUT2D eigenvalue weighted by atomic mass is 9.89. The van der Waals surface area contributed by atoms with E-state index < -0.39 is 5.97 Å². The molecule has 0 amide bonds. The maximum atomic E-state index is 12.4. The van der Waals surface area contributed by atoms with Gasteiger partial charge in [-0.15, -0.1) is 0 Å². The van der Waals surface area contributed by atoms with Gasteiger partial charge in [0, 0.05) is 27.6 Å². The highest BCUT2D eigenvalue weighted by Crippen LogP contribution is 2.46. The molecular formula is C22H14Cl2O5. The highest BCUT2D eigenvalue weighted by atomic mass is 35.5. The number of fused-ring (bicyclic) bond motifs is 2. The van der Waals surface area contributed by atoms with Crippen molar-refractivity contribution in [2.45, 2.75) is 13.8 Å². The van der Waals surface area contributed by atoms with E-state index in [0.717, 1.165) is 0 Å². The Labute approximate surface area is 175 Å². The van der Waals surface area contributed by atoms with Gasteiger partial charge >= 0.3 is 5.97 Å². The highest BCUT2D eigenvalue weighted by molar-refractivity contribution is 6.33. The van der Waals surface area contributed by atoms with Gasteiger partial charge < -0.3 is 14.6 Å². The molecule has 7 heteroatoms. The average molecular weight is 429 g/mol. The molecule has 29 heavy (non-hydrogen) atoms. The van der Waals surface area contributed by atoms with E-state index in [0.29, 0.717) is 33.2 Å². The Hall–Kier alpha value is -3.02. The van der Waals surface area contributed by atoms with Crippen molar-refractivity contribution in [2.75, 3.05) is 0 Å². The van der Waals surface area contributed by atoms with Gasteiger partial charge in [-0.25, -0.2) is 4.79 Å². The van der Waals surface area contributed by atoms with E-state index in [2.05, 4.69) is 0 Å². The lowest BCUT2D eigenvalue weighted by Gasteiger charge is -2.20. The number of rotatable bonds is 2. The summed E-state index contributed by atoms with van der Waals surface area (Å²) in [7, 11) is 0. The van der Waals surface area contributed by atoms with E-state index in [1.54, 1.807) is 32.0 Å². The topological polar surface area (TPSA) is 87.7 Å². The quantitative estimate of drug-likeness (QED) is 0.388. The number of carboxylic acids is 1. The van der Waals surface area contributed by atoms with E-state index in [4.69, 9.17) is 27.6 Å². The van der Waals surface area contributed by atoms with Crippen LogP contribution in [0.1, 0.15) is 21.5 Å².